The van der Waals surface area contributed by atoms with Gasteiger partial charge in [0.2, 0.25) is 0 Å². The van der Waals surface area contributed by atoms with Gasteiger partial charge in [0.05, 0.1) is 15.6 Å². The molecule has 1 atom stereocenters. The molecule has 0 aromatic carbocycles. The molecule has 1 aromatic heterocycles. The van der Waals surface area contributed by atoms with Gasteiger partial charge in [-0.2, -0.15) is 11.8 Å². The number of ketones is 1. The highest BCUT2D eigenvalue weighted by Gasteiger charge is 2.34. The van der Waals surface area contributed by atoms with Crippen molar-refractivity contribution in [3.8, 4) is 0 Å². The summed E-state index contributed by atoms with van der Waals surface area (Å²) in [6.45, 7) is 6.04. The van der Waals surface area contributed by atoms with E-state index in [-0.39, 0.29) is 5.78 Å². The smallest absolute Gasteiger partial charge is 0.171 e. The molecule has 1 saturated carbocycles. The molecule has 2 fully saturated rings. The fourth-order valence-electron chi connectivity index (χ4n) is 2.71. The first kappa shape index (κ1) is 13.3. The summed E-state index contributed by atoms with van der Waals surface area (Å²) in [4.78, 5) is 14.9. The molecule has 0 amide bonds. The predicted octanol–water partition coefficient (Wildman–Crippen LogP) is 3.35. The summed E-state index contributed by atoms with van der Waals surface area (Å²) in [7, 11) is 0. The number of nitrogens with zero attached hydrogens (tertiary/aromatic N) is 1. The van der Waals surface area contributed by atoms with Gasteiger partial charge >= 0.3 is 0 Å². The molecule has 1 saturated heterocycles. The second-order valence-corrected chi connectivity index (χ2v) is 8.07. The summed E-state index contributed by atoms with van der Waals surface area (Å²) in [6.07, 6.45) is 2.45. The van der Waals surface area contributed by atoms with Crippen molar-refractivity contribution in [2.45, 2.75) is 37.9 Å². The quantitative estimate of drug-likeness (QED) is 0.869. The third-order valence-corrected chi connectivity index (χ3v) is 6.32. The topological polar surface area (TPSA) is 46.3 Å². The molecule has 2 N–H and O–H groups in total. The van der Waals surface area contributed by atoms with Gasteiger partial charge in [0, 0.05) is 36.6 Å². The van der Waals surface area contributed by atoms with E-state index >= 15 is 0 Å². The summed E-state index contributed by atoms with van der Waals surface area (Å²) in [5.41, 5.74) is 8.28. The van der Waals surface area contributed by atoms with Crippen LogP contribution in [0.15, 0.2) is 0 Å². The van der Waals surface area contributed by atoms with Crippen LogP contribution in [-0.4, -0.2) is 29.9 Å². The molecular formula is C14H20N2OS2. The van der Waals surface area contributed by atoms with Gasteiger partial charge in [0.25, 0.3) is 0 Å². The lowest BCUT2D eigenvalue weighted by Crippen LogP contribution is -2.36. The van der Waals surface area contributed by atoms with E-state index in [2.05, 4.69) is 11.8 Å². The molecule has 2 heterocycles. The Balaban J connectivity index is 1.99. The summed E-state index contributed by atoms with van der Waals surface area (Å²) >= 11 is 3.64. The number of hydrogen-bond acceptors (Lipinski definition) is 5. The SMILES string of the molecule is CC(=O)c1sc(N2CCSC(C)C2)c(C2CC2)c1N. The Morgan fingerprint density at radius 2 is 2.16 bits per heavy atom. The van der Waals surface area contributed by atoms with Crippen LogP contribution in [0.4, 0.5) is 10.7 Å². The van der Waals surface area contributed by atoms with Crippen LogP contribution in [0.2, 0.25) is 0 Å². The molecule has 19 heavy (non-hydrogen) atoms. The molecular weight excluding hydrogens is 276 g/mol. The average molecular weight is 296 g/mol. The van der Waals surface area contributed by atoms with Crippen molar-refractivity contribution < 1.29 is 4.79 Å². The number of rotatable bonds is 3. The zero-order valence-electron chi connectivity index (χ0n) is 11.4. The Morgan fingerprint density at radius 3 is 2.74 bits per heavy atom. The maximum absolute atomic E-state index is 11.7. The van der Waals surface area contributed by atoms with Gasteiger partial charge in [-0.25, -0.2) is 0 Å². The average Bonchev–Trinajstić information content (AvgIpc) is 3.12. The van der Waals surface area contributed by atoms with Crippen LogP contribution in [0.3, 0.4) is 0 Å². The molecule has 0 radical (unpaired) electrons. The molecule has 1 aliphatic heterocycles. The Morgan fingerprint density at radius 1 is 1.42 bits per heavy atom. The van der Waals surface area contributed by atoms with Crippen LogP contribution in [0.1, 0.15) is 47.8 Å². The van der Waals surface area contributed by atoms with Gasteiger partial charge < -0.3 is 10.6 Å². The summed E-state index contributed by atoms with van der Waals surface area (Å²) < 4.78 is 0. The standard InChI is InChI=1S/C14H20N2OS2/c1-8-7-16(5-6-18-8)14-11(10-3-4-10)12(15)13(19-14)9(2)17/h8,10H,3-7,15H2,1-2H3. The van der Waals surface area contributed by atoms with E-state index in [1.807, 2.05) is 11.8 Å². The van der Waals surface area contributed by atoms with E-state index in [0.717, 1.165) is 23.7 Å². The summed E-state index contributed by atoms with van der Waals surface area (Å²) in [6, 6.07) is 0. The summed E-state index contributed by atoms with van der Waals surface area (Å²) in [5.74, 6) is 1.87. The van der Waals surface area contributed by atoms with E-state index < -0.39 is 0 Å². The second kappa shape index (κ2) is 5.02. The van der Waals surface area contributed by atoms with E-state index in [0.29, 0.717) is 11.2 Å². The number of Topliss-reactive ketones (excluding diaryl/α,β-unsaturated/α-hetero) is 1. The van der Waals surface area contributed by atoms with Gasteiger partial charge in [-0.15, -0.1) is 11.3 Å². The van der Waals surface area contributed by atoms with Crippen LogP contribution in [0, 0.1) is 0 Å². The fourth-order valence-corrected chi connectivity index (χ4v) is 4.96. The van der Waals surface area contributed by atoms with E-state index in [1.165, 1.54) is 29.2 Å². The maximum atomic E-state index is 11.7. The lowest BCUT2D eigenvalue weighted by molar-refractivity contribution is 0.102. The van der Waals surface area contributed by atoms with Crippen molar-refractivity contribution in [3.05, 3.63) is 10.4 Å². The number of carbonyl (C=O) groups excluding carboxylic acids is 1. The zero-order valence-corrected chi connectivity index (χ0v) is 13.1. The van der Waals surface area contributed by atoms with Crippen molar-refractivity contribution in [1.82, 2.24) is 0 Å². The first-order valence-corrected chi connectivity index (χ1v) is 8.74. The molecule has 104 valence electrons. The minimum absolute atomic E-state index is 0.107. The van der Waals surface area contributed by atoms with Gasteiger partial charge in [-0.05, 0) is 18.8 Å². The molecule has 2 aliphatic rings. The lowest BCUT2D eigenvalue weighted by Gasteiger charge is -2.32. The third kappa shape index (κ3) is 2.50. The highest BCUT2D eigenvalue weighted by Crippen LogP contribution is 2.52. The van der Waals surface area contributed by atoms with Crippen molar-refractivity contribution in [2.24, 2.45) is 0 Å². The maximum Gasteiger partial charge on any atom is 0.171 e. The largest absolute Gasteiger partial charge is 0.397 e. The zero-order chi connectivity index (χ0) is 13.6. The Kier molecular flexibility index (Phi) is 3.52. The van der Waals surface area contributed by atoms with Crippen molar-refractivity contribution >= 4 is 39.6 Å². The van der Waals surface area contributed by atoms with Crippen LogP contribution in [-0.2, 0) is 0 Å². The highest BCUT2D eigenvalue weighted by atomic mass is 32.2. The van der Waals surface area contributed by atoms with Crippen molar-refractivity contribution in [1.29, 1.82) is 0 Å². The molecule has 1 unspecified atom stereocenters. The van der Waals surface area contributed by atoms with Crippen molar-refractivity contribution in [3.63, 3.8) is 0 Å². The van der Waals surface area contributed by atoms with Crippen LogP contribution in [0.25, 0.3) is 0 Å². The Bertz CT molecular complexity index is 508. The lowest BCUT2D eigenvalue weighted by atomic mass is 10.1. The molecule has 1 aliphatic carbocycles. The van der Waals surface area contributed by atoms with E-state index in [1.54, 1.807) is 18.3 Å². The normalized spacial score (nSPS) is 23.7. The van der Waals surface area contributed by atoms with Crippen LogP contribution >= 0.6 is 23.1 Å². The first-order valence-electron chi connectivity index (χ1n) is 6.87. The molecule has 0 spiro atoms. The fraction of sp³-hybridized carbons (Fsp3) is 0.643. The number of anilines is 2. The monoisotopic (exact) mass is 296 g/mol. The first-order chi connectivity index (χ1) is 9.08. The van der Waals surface area contributed by atoms with Gasteiger partial charge in [-0.1, -0.05) is 6.92 Å². The van der Waals surface area contributed by atoms with Gasteiger partial charge in [0.1, 0.15) is 0 Å². The number of thioether (sulfide) groups is 1. The van der Waals surface area contributed by atoms with Crippen molar-refractivity contribution in [2.75, 3.05) is 29.5 Å². The second-order valence-electron chi connectivity index (χ2n) is 5.52. The van der Waals surface area contributed by atoms with E-state index in [4.69, 9.17) is 5.73 Å². The van der Waals surface area contributed by atoms with Crippen LogP contribution in [0.5, 0.6) is 0 Å². The van der Waals surface area contributed by atoms with Crippen LogP contribution < -0.4 is 10.6 Å². The molecule has 0 bridgehead atoms. The van der Waals surface area contributed by atoms with E-state index in [9.17, 15) is 4.79 Å². The Hall–Kier alpha value is -0.680. The Labute approximate surface area is 122 Å². The summed E-state index contributed by atoms with van der Waals surface area (Å²) in [5, 5.41) is 1.93. The minimum Gasteiger partial charge on any atom is -0.397 e. The number of nitrogen functional groups attached to an aromatic ring is 1. The minimum atomic E-state index is 0.107. The number of hydrogen-bond donors (Lipinski definition) is 1. The van der Waals surface area contributed by atoms with Gasteiger partial charge in [-0.3, -0.25) is 4.79 Å². The molecule has 5 heteroatoms. The number of thiophene rings is 1. The predicted molar refractivity (Wildman–Crippen MR) is 84.8 cm³/mol. The van der Waals surface area contributed by atoms with Gasteiger partial charge in [0.15, 0.2) is 5.78 Å². The number of nitrogens with two attached hydrogens (primary N) is 1. The molecule has 1 aromatic rings. The molecule has 3 nitrogen and oxygen atoms in total. The highest BCUT2D eigenvalue weighted by molar-refractivity contribution is 8.00. The third-order valence-electron chi connectivity index (χ3n) is 3.80. The number of carbonyl (C=O) groups is 1. The molecule has 3 rings (SSSR count).